The summed E-state index contributed by atoms with van der Waals surface area (Å²) in [5.74, 6) is 0. The summed E-state index contributed by atoms with van der Waals surface area (Å²) < 4.78 is 5.32. The summed E-state index contributed by atoms with van der Waals surface area (Å²) in [7, 11) is 0. The second-order valence-corrected chi connectivity index (χ2v) is 6.53. The molecule has 3 atom stereocenters. The Bertz CT molecular complexity index is 297. The summed E-state index contributed by atoms with van der Waals surface area (Å²) >= 11 is 0. The first-order valence-electron chi connectivity index (χ1n) is 7.14. The van der Waals surface area contributed by atoms with Gasteiger partial charge in [0.1, 0.15) is 5.60 Å². The lowest BCUT2D eigenvalue weighted by atomic mass is 9.97. The summed E-state index contributed by atoms with van der Waals surface area (Å²) in [5.41, 5.74) is -0.410. The van der Waals surface area contributed by atoms with Crippen molar-refractivity contribution in [2.45, 2.75) is 77.1 Å². The highest BCUT2D eigenvalue weighted by molar-refractivity contribution is 5.68. The Kier molecular flexibility index (Phi) is 3.85. The van der Waals surface area contributed by atoms with Crippen molar-refractivity contribution in [3.63, 3.8) is 0 Å². The molecule has 4 nitrogen and oxygen atoms in total. The van der Waals surface area contributed by atoms with Crippen LogP contribution in [0.5, 0.6) is 0 Å². The van der Waals surface area contributed by atoms with Crippen molar-refractivity contribution in [2.75, 3.05) is 6.54 Å². The number of hydrogen-bond donors (Lipinski definition) is 1. The number of piperidine rings is 1. The molecule has 2 aliphatic heterocycles. The monoisotopic (exact) mass is 254 g/mol. The fourth-order valence-electron chi connectivity index (χ4n) is 3.38. The molecule has 1 unspecified atom stereocenters. The van der Waals surface area contributed by atoms with Crippen LogP contribution in [-0.4, -0.2) is 41.3 Å². The van der Waals surface area contributed by atoms with Gasteiger partial charge in [0, 0.05) is 18.1 Å². The number of carbonyl (C=O) groups is 1. The third-order valence-electron chi connectivity index (χ3n) is 3.97. The number of alkyl carbamates (subject to hydrolysis) is 1. The minimum absolute atomic E-state index is 0.267. The number of amides is 1. The van der Waals surface area contributed by atoms with Crippen molar-refractivity contribution < 1.29 is 9.53 Å². The number of nitrogens with one attached hydrogen (secondary N) is 1. The van der Waals surface area contributed by atoms with Crippen molar-refractivity contribution in [1.29, 1.82) is 0 Å². The molecule has 18 heavy (non-hydrogen) atoms. The minimum Gasteiger partial charge on any atom is -0.444 e. The Hall–Kier alpha value is -0.770. The highest BCUT2D eigenvalue weighted by Crippen LogP contribution is 2.35. The number of fused-ring (bicyclic) bond motifs is 2. The van der Waals surface area contributed by atoms with Gasteiger partial charge < -0.3 is 10.1 Å². The van der Waals surface area contributed by atoms with E-state index in [1.165, 1.54) is 12.8 Å². The van der Waals surface area contributed by atoms with Crippen LogP contribution in [0.1, 0.15) is 53.4 Å². The highest BCUT2D eigenvalue weighted by Gasteiger charge is 2.40. The van der Waals surface area contributed by atoms with Crippen molar-refractivity contribution in [1.82, 2.24) is 10.2 Å². The van der Waals surface area contributed by atoms with Gasteiger partial charge in [0.15, 0.2) is 0 Å². The van der Waals surface area contributed by atoms with E-state index >= 15 is 0 Å². The van der Waals surface area contributed by atoms with Crippen LogP contribution in [0.3, 0.4) is 0 Å². The summed E-state index contributed by atoms with van der Waals surface area (Å²) in [4.78, 5) is 14.4. The molecular formula is C14H26N2O2. The summed E-state index contributed by atoms with van der Waals surface area (Å²) in [6.07, 6.45) is 4.44. The molecule has 0 aromatic heterocycles. The van der Waals surface area contributed by atoms with Crippen LogP contribution in [0.15, 0.2) is 0 Å². The number of hydrogen-bond acceptors (Lipinski definition) is 3. The predicted molar refractivity (Wildman–Crippen MR) is 71.6 cm³/mol. The zero-order valence-corrected chi connectivity index (χ0v) is 12.0. The standard InChI is InChI=1S/C14H26N2O2/c1-5-16-11-6-7-12(16)9-10(8-11)15-13(17)18-14(2,3)4/h10-12H,5-9H2,1-4H3,(H,15,17)/t10?,11-,12+. The molecule has 0 aromatic carbocycles. The zero-order chi connectivity index (χ0) is 13.3. The molecule has 0 aromatic rings. The fraction of sp³-hybridized carbons (Fsp3) is 0.929. The van der Waals surface area contributed by atoms with Crippen LogP contribution in [0.25, 0.3) is 0 Å². The lowest BCUT2D eigenvalue weighted by Gasteiger charge is -2.38. The Labute approximate surface area is 110 Å². The van der Waals surface area contributed by atoms with Gasteiger partial charge in [-0.05, 0) is 53.0 Å². The topological polar surface area (TPSA) is 41.6 Å². The van der Waals surface area contributed by atoms with E-state index in [1.54, 1.807) is 0 Å². The molecule has 2 aliphatic rings. The highest BCUT2D eigenvalue weighted by atomic mass is 16.6. The van der Waals surface area contributed by atoms with E-state index < -0.39 is 5.60 Å². The predicted octanol–water partition coefficient (Wildman–Crippen LogP) is 2.53. The van der Waals surface area contributed by atoms with E-state index in [-0.39, 0.29) is 6.09 Å². The Morgan fingerprint density at radius 3 is 2.28 bits per heavy atom. The average Bonchev–Trinajstić information content (AvgIpc) is 2.46. The number of carbonyl (C=O) groups excluding carboxylic acids is 1. The van der Waals surface area contributed by atoms with Crippen molar-refractivity contribution in [3.8, 4) is 0 Å². The van der Waals surface area contributed by atoms with Gasteiger partial charge in [-0.1, -0.05) is 6.92 Å². The van der Waals surface area contributed by atoms with Gasteiger partial charge in [0.25, 0.3) is 0 Å². The minimum atomic E-state index is -0.410. The van der Waals surface area contributed by atoms with Crippen LogP contribution < -0.4 is 5.32 Å². The van der Waals surface area contributed by atoms with Gasteiger partial charge in [-0.15, -0.1) is 0 Å². The maximum atomic E-state index is 11.8. The third-order valence-corrected chi connectivity index (χ3v) is 3.97. The molecule has 4 heteroatoms. The summed E-state index contributed by atoms with van der Waals surface area (Å²) in [5, 5.41) is 3.03. The van der Waals surface area contributed by atoms with Crippen LogP contribution in [0.2, 0.25) is 0 Å². The van der Waals surface area contributed by atoms with Crippen LogP contribution in [0, 0.1) is 0 Å². The van der Waals surface area contributed by atoms with Crippen LogP contribution in [-0.2, 0) is 4.74 Å². The van der Waals surface area contributed by atoms with Crippen molar-refractivity contribution >= 4 is 6.09 Å². The second-order valence-electron chi connectivity index (χ2n) is 6.53. The normalized spacial score (nSPS) is 32.3. The molecule has 104 valence electrons. The third kappa shape index (κ3) is 3.16. The number of rotatable bonds is 2. The first-order chi connectivity index (χ1) is 8.39. The van der Waals surface area contributed by atoms with E-state index in [4.69, 9.17) is 4.74 Å². The SMILES string of the molecule is CCN1[C@@H]2CC[C@H]1CC(NC(=O)OC(C)(C)C)C2. The molecular weight excluding hydrogens is 228 g/mol. The maximum Gasteiger partial charge on any atom is 0.407 e. The Balaban J connectivity index is 1.84. The number of nitrogens with zero attached hydrogens (tertiary/aromatic N) is 1. The van der Waals surface area contributed by atoms with Crippen LogP contribution >= 0.6 is 0 Å². The van der Waals surface area contributed by atoms with E-state index in [2.05, 4.69) is 17.1 Å². The van der Waals surface area contributed by atoms with Crippen molar-refractivity contribution in [3.05, 3.63) is 0 Å². The molecule has 2 rings (SSSR count). The molecule has 1 amide bonds. The van der Waals surface area contributed by atoms with Gasteiger partial charge in [-0.25, -0.2) is 4.79 Å². The van der Waals surface area contributed by atoms with E-state index in [0.29, 0.717) is 18.1 Å². The van der Waals surface area contributed by atoms with E-state index in [0.717, 1.165) is 19.4 Å². The summed E-state index contributed by atoms with van der Waals surface area (Å²) in [6.45, 7) is 9.06. The van der Waals surface area contributed by atoms with Crippen molar-refractivity contribution in [2.24, 2.45) is 0 Å². The van der Waals surface area contributed by atoms with Crippen LogP contribution in [0.4, 0.5) is 4.79 Å². The summed E-state index contributed by atoms with van der Waals surface area (Å²) in [6, 6.07) is 1.61. The molecule has 2 fully saturated rings. The van der Waals surface area contributed by atoms with Gasteiger partial charge >= 0.3 is 6.09 Å². The van der Waals surface area contributed by atoms with Gasteiger partial charge in [0.05, 0.1) is 0 Å². The first-order valence-corrected chi connectivity index (χ1v) is 7.14. The second kappa shape index (κ2) is 5.08. The molecule has 1 N–H and O–H groups in total. The molecule has 0 spiro atoms. The smallest absolute Gasteiger partial charge is 0.407 e. The molecule has 0 radical (unpaired) electrons. The molecule has 2 heterocycles. The quantitative estimate of drug-likeness (QED) is 0.823. The lowest BCUT2D eigenvalue weighted by molar-refractivity contribution is 0.0447. The fourth-order valence-corrected chi connectivity index (χ4v) is 3.38. The number of ether oxygens (including phenoxy) is 1. The van der Waals surface area contributed by atoms with Gasteiger partial charge in [-0.3, -0.25) is 4.90 Å². The largest absolute Gasteiger partial charge is 0.444 e. The molecule has 2 bridgehead atoms. The van der Waals surface area contributed by atoms with Gasteiger partial charge in [-0.2, -0.15) is 0 Å². The zero-order valence-electron chi connectivity index (χ0n) is 12.0. The Morgan fingerprint density at radius 1 is 1.28 bits per heavy atom. The van der Waals surface area contributed by atoms with E-state index in [1.807, 2.05) is 20.8 Å². The first kappa shape index (κ1) is 13.7. The Morgan fingerprint density at radius 2 is 1.83 bits per heavy atom. The average molecular weight is 254 g/mol. The molecule has 0 aliphatic carbocycles. The lowest BCUT2D eigenvalue weighted by Crippen LogP contribution is -2.50. The van der Waals surface area contributed by atoms with E-state index in [9.17, 15) is 4.79 Å². The van der Waals surface area contributed by atoms with Gasteiger partial charge in [0.2, 0.25) is 0 Å². The maximum absolute atomic E-state index is 11.8. The molecule has 0 saturated carbocycles. The molecule has 2 saturated heterocycles.